The molecule has 0 aliphatic carbocycles. The second-order valence-corrected chi connectivity index (χ2v) is 6.83. The molecule has 2 rings (SSSR count). The third kappa shape index (κ3) is 8.68. The van der Waals surface area contributed by atoms with Gasteiger partial charge in [0.1, 0.15) is 5.75 Å². The first-order chi connectivity index (χ1) is 12.8. The van der Waals surface area contributed by atoms with Crippen LogP contribution in [0.1, 0.15) is 45.6 Å². The van der Waals surface area contributed by atoms with Crippen molar-refractivity contribution in [1.29, 1.82) is 0 Å². The van der Waals surface area contributed by atoms with Crippen LogP contribution in [-0.2, 0) is 6.54 Å². The summed E-state index contributed by atoms with van der Waals surface area (Å²) < 4.78 is 5.69. The SMILES string of the molecule is CCNC(=NCc1ccccc1OCC)NCCC1CCN(CC)CC1.I. The largest absolute Gasteiger partial charge is 0.494 e. The third-order valence-electron chi connectivity index (χ3n) is 5.02. The smallest absolute Gasteiger partial charge is 0.191 e. The summed E-state index contributed by atoms with van der Waals surface area (Å²) in [5.41, 5.74) is 1.12. The van der Waals surface area contributed by atoms with Crippen molar-refractivity contribution in [3.8, 4) is 5.75 Å². The molecule has 5 nitrogen and oxygen atoms in total. The Bertz CT molecular complexity index is 545. The number of ether oxygens (including phenoxy) is 1. The summed E-state index contributed by atoms with van der Waals surface area (Å²) >= 11 is 0. The number of aliphatic imine (C=N–C) groups is 1. The number of nitrogens with zero attached hydrogens (tertiary/aromatic N) is 2. The summed E-state index contributed by atoms with van der Waals surface area (Å²) in [5, 5.41) is 6.85. The average molecular weight is 488 g/mol. The van der Waals surface area contributed by atoms with E-state index in [9.17, 15) is 0 Å². The minimum absolute atomic E-state index is 0. The van der Waals surface area contributed by atoms with Gasteiger partial charge >= 0.3 is 0 Å². The van der Waals surface area contributed by atoms with Gasteiger partial charge in [0.05, 0.1) is 13.2 Å². The van der Waals surface area contributed by atoms with Crippen molar-refractivity contribution < 1.29 is 4.74 Å². The van der Waals surface area contributed by atoms with Gasteiger partial charge in [0.15, 0.2) is 5.96 Å². The predicted octanol–water partition coefficient (Wildman–Crippen LogP) is 3.88. The Kier molecular flexibility index (Phi) is 12.5. The molecule has 2 N–H and O–H groups in total. The zero-order valence-corrected chi connectivity index (χ0v) is 19.5. The molecule has 0 radical (unpaired) electrons. The normalized spacial score (nSPS) is 15.9. The van der Waals surface area contributed by atoms with Gasteiger partial charge in [-0.3, -0.25) is 0 Å². The van der Waals surface area contributed by atoms with E-state index in [0.717, 1.165) is 36.3 Å². The number of guanidine groups is 1. The molecule has 6 heteroatoms. The Hall–Kier alpha value is -1.02. The predicted molar refractivity (Wildman–Crippen MR) is 125 cm³/mol. The first kappa shape index (κ1) is 24.0. The molecule has 154 valence electrons. The van der Waals surface area contributed by atoms with Gasteiger partial charge in [0.2, 0.25) is 0 Å². The highest BCUT2D eigenvalue weighted by Gasteiger charge is 2.17. The first-order valence-electron chi connectivity index (χ1n) is 10.2. The standard InChI is InChI=1S/C21H36N4O.HI/c1-4-22-21(23-14-11-18-12-15-25(5-2)16-13-18)24-17-19-9-7-8-10-20(19)26-6-3;/h7-10,18H,4-6,11-17H2,1-3H3,(H2,22,23,24);1H. The molecule has 0 saturated carbocycles. The van der Waals surface area contributed by atoms with Crippen molar-refractivity contribution in [3.05, 3.63) is 29.8 Å². The number of hydrogen-bond donors (Lipinski definition) is 2. The zero-order valence-electron chi connectivity index (χ0n) is 17.2. The molecule has 1 aromatic rings. The fourth-order valence-corrected chi connectivity index (χ4v) is 3.42. The van der Waals surface area contributed by atoms with Crippen LogP contribution >= 0.6 is 24.0 Å². The lowest BCUT2D eigenvalue weighted by atomic mass is 9.93. The Balaban J connectivity index is 0.00000364. The lowest BCUT2D eigenvalue weighted by Crippen LogP contribution is -2.39. The quantitative estimate of drug-likeness (QED) is 0.315. The van der Waals surface area contributed by atoms with E-state index in [0.29, 0.717) is 13.2 Å². The maximum absolute atomic E-state index is 5.69. The van der Waals surface area contributed by atoms with Crippen molar-refractivity contribution in [3.63, 3.8) is 0 Å². The summed E-state index contributed by atoms with van der Waals surface area (Å²) in [7, 11) is 0. The molecule has 0 aromatic heterocycles. The van der Waals surface area contributed by atoms with E-state index in [1.165, 1.54) is 38.9 Å². The van der Waals surface area contributed by atoms with Crippen LogP contribution in [0.5, 0.6) is 5.75 Å². The van der Waals surface area contributed by atoms with E-state index in [-0.39, 0.29) is 24.0 Å². The number of para-hydroxylation sites is 1. The fraction of sp³-hybridized carbons (Fsp3) is 0.667. The van der Waals surface area contributed by atoms with Crippen molar-refractivity contribution in [2.45, 2.75) is 46.6 Å². The highest BCUT2D eigenvalue weighted by atomic mass is 127. The van der Waals surface area contributed by atoms with Crippen LogP contribution in [-0.4, -0.2) is 50.2 Å². The number of nitrogens with one attached hydrogen (secondary N) is 2. The summed E-state index contributed by atoms with van der Waals surface area (Å²) in [6.45, 7) is 13.2. The molecule has 0 unspecified atom stereocenters. The molecule has 1 aliphatic rings. The monoisotopic (exact) mass is 488 g/mol. The minimum Gasteiger partial charge on any atom is -0.494 e. The molecule has 0 bridgehead atoms. The van der Waals surface area contributed by atoms with Crippen molar-refractivity contribution in [2.24, 2.45) is 10.9 Å². The first-order valence-corrected chi connectivity index (χ1v) is 10.2. The van der Waals surface area contributed by atoms with E-state index >= 15 is 0 Å². The van der Waals surface area contributed by atoms with Crippen LogP contribution in [0.2, 0.25) is 0 Å². The lowest BCUT2D eigenvalue weighted by molar-refractivity contribution is 0.187. The van der Waals surface area contributed by atoms with Gasteiger partial charge in [-0.25, -0.2) is 4.99 Å². The maximum atomic E-state index is 5.69. The van der Waals surface area contributed by atoms with Crippen LogP contribution in [0.25, 0.3) is 0 Å². The highest BCUT2D eigenvalue weighted by Crippen LogP contribution is 2.20. The van der Waals surface area contributed by atoms with Crippen LogP contribution in [0.15, 0.2) is 29.3 Å². The Morgan fingerprint density at radius 2 is 1.89 bits per heavy atom. The summed E-state index contributed by atoms with van der Waals surface area (Å²) in [6, 6.07) is 8.14. The molecule has 1 fully saturated rings. The van der Waals surface area contributed by atoms with Gasteiger partial charge in [0, 0.05) is 18.7 Å². The van der Waals surface area contributed by atoms with Crippen molar-refractivity contribution in [1.82, 2.24) is 15.5 Å². The summed E-state index contributed by atoms with van der Waals surface area (Å²) in [4.78, 5) is 7.29. The summed E-state index contributed by atoms with van der Waals surface area (Å²) in [5.74, 6) is 2.66. The van der Waals surface area contributed by atoms with E-state index in [1.807, 2.05) is 25.1 Å². The van der Waals surface area contributed by atoms with Crippen LogP contribution in [0.4, 0.5) is 0 Å². The number of benzene rings is 1. The van der Waals surface area contributed by atoms with E-state index in [1.54, 1.807) is 0 Å². The molecular weight excluding hydrogens is 451 g/mol. The third-order valence-corrected chi connectivity index (χ3v) is 5.02. The number of halogens is 1. The number of piperidine rings is 1. The number of rotatable bonds is 9. The topological polar surface area (TPSA) is 48.9 Å². The molecule has 1 heterocycles. The Morgan fingerprint density at radius 3 is 2.56 bits per heavy atom. The van der Waals surface area contributed by atoms with Crippen LogP contribution in [0, 0.1) is 5.92 Å². The van der Waals surface area contributed by atoms with E-state index in [4.69, 9.17) is 9.73 Å². The van der Waals surface area contributed by atoms with Gasteiger partial charge in [-0.05, 0) is 64.7 Å². The van der Waals surface area contributed by atoms with E-state index < -0.39 is 0 Å². The molecule has 1 aliphatic heterocycles. The second kappa shape index (κ2) is 14.0. The molecular formula is C21H37IN4O. The molecule has 27 heavy (non-hydrogen) atoms. The fourth-order valence-electron chi connectivity index (χ4n) is 3.42. The van der Waals surface area contributed by atoms with Crippen LogP contribution < -0.4 is 15.4 Å². The highest BCUT2D eigenvalue weighted by molar-refractivity contribution is 14.0. The maximum Gasteiger partial charge on any atom is 0.191 e. The Morgan fingerprint density at radius 1 is 1.15 bits per heavy atom. The van der Waals surface area contributed by atoms with Crippen molar-refractivity contribution >= 4 is 29.9 Å². The molecule has 1 saturated heterocycles. The second-order valence-electron chi connectivity index (χ2n) is 6.83. The molecule has 0 atom stereocenters. The minimum atomic E-state index is 0. The van der Waals surface area contributed by atoms with Gasteiger partial charge in [-0.1, -0.05) is 25.1 Å². The zero-order chi connectivity index (χ0) is 18.6. The number of hydrogen-bond acceptors (Lipinski definition) is 3. The van der Waals surface area contributed by atoms with Crippen molar-refractivity contribution in [2.75, 3.05) is 39.3 Å². The molecule has 0 spiro atoms. The van der Waals surface area contributed by atoms with Crippen LogP contribution in [0.3, 0.4) is 0 Å². The summed E-state index contributed by atoms with van der Waals surface area (Å²) in [6.07, 6.45) is 3.87. The lowest BCUT2D eigenvalue weighted by Gasteiger charge is -2.31. The van der Waals surface area contributed by atoms with Gasteiger partial charge in [0.25, 0.3) is 0 Å². The molecule has 1 aromatic carbocycles. The number of likely N-dealkylation sites (tertiary alicyclic amines) is 1. The van der Waals surface area contributed by atoms with Gasteiger partial charge in [-0.2, -0.15) is 0 Å². The molecule has 0 amide bonds. The van der Waals surface area contributed by atoms with E-state index in [2.05, 4.69) is 35.4 Å². The Labute approximate surface area is 182 Å². The van der Waals surface area contributed by atoms with Gasteiger partial charge < -0.3 is 20.3 Å². The van der Waals surface area contributed by atoms with Gasteiger partial charge in [-0.15, -0.1) is 24.0 Å². The average Bonchev–Trinajstić information content (AvgIpc) is 2.68.